The average molecular weight is 227 g/mol. The first-order valence-corrected chi connectivity index (χ1v) is 4.36. The number of fused-ring (bicyclic) bond motifs is 1. The van der Waals surface area contributed by atoms with Crippen molar-refractivity contribution < 1.29 is 9.31 Å². The molecule has 0 amide bonds. The molecular formula is C9H4ClFN2O2. The lowest BCUT2D eigenvalue weighted by Crippen LogP contribution is -1.93. The molecule has 0 fully saturated rings. The molecule has 1 heterocycles. The predicted octanol–water partition coefficient (Wildman–Crippen LogP) is 2.94. The normalized spacial score (nSPS) is 10.5. The smallest absolute Gasteiger partial charge is 0.258 e. The van der Waals surface area contributed by atoms with E-state index in [9.17, 15) is 14.5 Å². The van der Waals surface area contributed by atoms with E-state index in [0.29, 0.717) is 0 Å². The number of hydrogen-bond donors (Lipinski definition) is 0. The van der Waals surface area contributed by atoms with Gasteiger partial charge in [-0.25, -0.2) is 9.37 Å². The molecular weight excluding hydrogens is 223 g/mol. The van der Waals surface area contributed by atoms with Crippen molar-refractivity contribution >= 4 is 28.2 Å². The summed E-state index contributed by atoms with van der Waals surface area (Å²) in [5.41, 5.74) is -0.289. The van der Waals surface area contributed by atoms with Gasteiger partial charge in [-0.05, 0) is 6.07 Å². The second-order valence-corrected chi connectivity index (χ2v) is 3.23. The van der Waals surface area contributed by atoms with Crippen LogP contribution in [0.3, 0.4) is 0 Å². The van der Waals surface area contributed by atoms with Crippen molar-refractivity contribution in [1.29, 1.82) is 0 Å². The summed E-state index contributed by atoms with van der Waals surface area (Å²) in [6, 6.07) is 4.13. The molecule has 0 atom stereocenters. The SMILES string of the molecule is O=[N+]([O-])c1cnc2c(F)cccc2c1Cl. The average Bonchev–Trinajstić information content (AvgIpc) is 2.19. The summed E-state index contributed by atoms with van der Waals surface area (Å²) in [4.78, 5) is 13.5. The van der Waals surface area contributed by atoms with E-state index >= 15 is 0 Å². The van der Waals surface area contributed by atoms with Crippen molar-refractivity contribution in [1.82, 2.24) is 4.98 Å². The number of halogens is 2. The molecule has 6 heteroatoms. The third-order valence-corrected chi connectivity index (χ3v) is 2.36. The van der Waals surface area contributed by atoms with Crippen LogP contribution >= 0.6 is 11.6 Å². The fourth-order valence-corrected chi connectivity index (χ4v) is 1.54. The van der Waals surface area contributed by atoms with Crippen molar-refractivity contribution in [3.63, 3.8) is 0 Å². The number of aromatic nitrogens is 1. The van der Waals surface area contributed by atoms with E-state index in [1.54, 1.807) is 0 Å². The maximum Gasteiger partial charge on any atom is 0.306 e. The fourth-order valence-electron chi connectivity index (χ4n) is 1.27. The zero-order valence-electron chi connectivity index (χ0n) is 7.28. The fraction of sp³-hybridized carbons (Fsp3) is 0. The lowest BCUT2D eigenvalue weighted by atomic mass is 10.2. The summed E-state index contributed by atoms with van der Waals surface area (Å²) in [5, 5.41) is 10.7. The van der Waals surface area contributed by atoms with E-state index in [0.717, 1.165) is 6.20 Å². The van der Waals surface area contributed by atoms with Crippen molar-refractivity contribution in [3.8, 4) is 0 Å². The molecule has 1 aromatic carbocycles. The first-order valence-electron chi connectivity index (χ1n) is 3.98. The lowest BCUT2D eigenvalue weighted by molar-refractivity contribution is -0.384. The molecule has 0 aliphatic heterocycles. The van der Waals surface area contributed by atoms with Crippen LogP contribution in [0.5, 0.6) is 0 Å². The van der Waals surface area contributed by atoms with Crippen molar-refractivity contribution in [2.45, 2.75) is 0 Å². The van der Waals surface area contributed by atoms with E-state index in [1.807, 2.05) is 0 Å². The minimum atomic E-state index is -0.653. The number of hydrogen-bond acceptors (Lipinski definition) is 3. The van der Waals surface area contributed by atoms with Gasteiger partial charge in [0, 0.05) is 5.39 Å². The number of benzene rings is 1. The zero-order chi connectivity index (χ0) is 11.0. The van der Waals surface area contributed by atoms with Crippen molar-refractivity contribution in [2.24, 2.45) is 0 Å². The molecule has 0 spiro atoms. The van der Waals surface area contributed by atoms with Crippen molar-refractivity contribution in [2.75, 3.05) is 0 Å². The number of nitro groups is 1. The highest BCUT2D eigenvalue weighted by molar-refractivity contribution is 6.37. The summed E-state index contributed by atoms with van der Waals surface area (Å²) >= 11 is 5.76. The Hall–Kier alpha value is -1.75. The molecule has 0 aliphatic rings. The Bertz CT molecular complexity index is 559. The molecule has 0 aliphatic carbocycles. The Morgan fingerprint density at radius 3 is 2.87 bits per heavy atom. The van der Waals surface area contributed by atoms with Gasteiger partial charge >= 0.3 is 5.69 Å². The first-order chi connectivity index (χ1) is 7.11. The molecule has 0 saturated heterocycles. The van der Waals surface area contributed by atoms with Gasteiger partial charge in [-0.3, -0.25) is 10.1 Å². The number of rotatable bonds is 1. The third-order valence-electron chi connectivity index (χ3n) is 1.96. The van der Waals surface area contributed by atoms with Gasteiger partial charge in [-0.2, -0.15) is 0 Å². The highest BCUT2D eigenvalue weighted by Crippen LogP contribution is 2.31. The van der Waals surface area contributed by atoms with Crippen LogP contribution in [0.15, 0.2) is 24.4 Å². The maximum absolute atomic E-state index is 13.2. The van der Waals surface area contributed by atoms with Crippen LogP contribution in [0, 0.1) is 15.9 Å². The molecule has 0 bridgehead atoms. The first kappa shape index (κ1) is 9.79. The van der Waals surface area contributed by atoms with E-state index in [1.165, 1.54) is 18.2 Å². The lowest BCUT2D eigenvalue weighted by Gasteiger charge is -2.00. The summed E-state index contributed by atoms with van der Waals surface area (Å²) in [6.45, 7) is 0. The molecule has 2 aromatic rings. The van der Waals surface area contributed by atoms with Gasteiger partial charge in [0.15, 0.2) is 0 Å². The molecule has 0 N–H and O–H groups in total. The molecule has 0 saturated carbocycles. The Labute approximate surface area is 88.5 Å². The van der Waals surface area contributed by atoms with Crippen LogP contribution in [0.1, 0.15) is 0 Å². The maximum atomic E-state index is 13.2. The van der Waals surface area contributed by atoms with Crippen LogP contribution in [0.4, 0.5) is 10.1 Å². The van der Waals surface area contributed by atoms with Gasteiger partial charge in [0.25, 0.3) is 0 Å². The minimum Gasteiger partial charge on any atom is -0.258 e. The van der Waals surface area contributed by atoms with Gasteiger partial charge < -0.3 is 0 Å². The topological polar surface area (TPSA) is 56.0 Å². The Morgan fingerprint density at radius 2 is 2.20 bits per heavy atom. The minimum absolute atomic E-state index is 0.0353. The number of para-hydroxylation sites is 1. The van der Waals surface area contributed by atoms with Crippen molar-refractivity contribution in [3.05, 3.63) is 45.4 Å². The summed E-state index contributed by atoms with van der Waals surface area (Å²) < 4.78 is 13.2. The monoisotopic (exact) mass is 226 g/mol. The Balaban J connectivity index is 2.86. The van der Waals surface area contributed by atoms with Crippen LogP contribution in [0.25, 0.3) is 10.9 Å². The van der Waals surface area contributed by atoms with Crippen LogP contribution in [0.2, 0.25) is 5.02 Å². The molecule has 0 radical (unpaired) electrons. The van der Waals surface area contributed by atoms with Gasteiger partial charge in [0.1, 0.15) is 22.6 Å². The molecule has 2 rings (SSSR count). The standard InChI is InChI=1S/C9H4ClFN2O2/c10-8-5-2-1-3-6(11)9(5)12-4-7(8)13(14)15/h1-4H. The molecule has 4 nitrogen and oxygen atoms in total. The molecule has 1 aromatic heterocycles. The van der Waals surface area contributed by atoms with Gasteiger partial charge in [0.2, 0.25) is 0 Å². The molecule has 76 valence electrons. The quantitative estimate of drug-likeness (QED) is 0.555. The van der Waals surface area contributed by atoms with Crippen LogP contribution in [-0.4, -0.2) is 9.91 Å². The van der Waals surface area contributed by atoms with Crippen LogP contribution in [-0.2, 0) is 0 Å². The Kier molecular flexibility index (Phi) is 2.24. The summed E-state index contributed by atoms with van der Waals surface area (Å²) in [5.74, 6) is -0.552. The number of nitrogens with zero attached hydrogens (tertiary/aromatic N) is 2. The van der Waals surface area contributed by atoms with E-state index in [-0.39, 0.29) is 21.6 Å². The van der Waals surface area contributed by atoms with Crippen LogP contribution < -0.4 is 0 Å². The summed E-state index contributed by atoms with van der Waals surface area (Å²) in [7, 11) is 0. The molecule has 0 unspecified atom stereocenters. The predicted molar refractivity (Wildman–Crippen MR) is 53.4 cm³/mol. The molecule has 15 heavy (non-hydrogen) atoms. The largest absolute Gasteiger partial charge is 0.306 e. The summed E-state index contributed by atoms with van der Waals surface area (Å²) in [6.07, 6.45) is 0.952. The zero-order valence-corrected chi connectivity index (χ0v) is 8.03. The van der Waals surface area contributed by atoms with E-state index in [2.05, 4.69) is 4.98 Å². The van der Waals surface area contributed by atoms with Gasteiger partial charge in [-0.15, -0.1) is 0 Å². The highest BCUT2D eigenvalue weighted by atomic mass is 35.5. The number of pyridine rings is 1. The van der Waals surface area contributed by atoms with E-state index in [4.69, 9.17) is 11.6 Å². The van der Waals surface area contributed by atoms with Gasteiger partial charge in [-0.1, -0.05) is 23.7 Å². The second kappa shape index (κ2) is 3.43. The second-order valence-electron chi connectivity index (χ2n) is 2.85. The Morgan fingerprint density at radius 1 is 1.47 bits per heavy atom. The highest BCUT2D eigenvalue weighted by Gasteiger charge is 2.17. The van der Waals surface area contributed by atoms with Gasteiger partial charge in [0.05, 0.1) is 4.92 Å². The third kappa shape index (κ3) is 1.50. The van der Waals surface area contributed by atoms with E-state index < -0.39 is 10.7 Å².